The molecule has 0 radical (unpaired) electrons. The summed E-state index contributed by atoms with van der Waals surface area (Å²) in [4.78, 5) is 12.0. The molecule has 4 nitrogen and oxygen atoms in total. The number of aromatic nitrogens is 2. The molecule has 2 aromatic carbocycles. The first kappa shape index (κ1) is 18.9. The van der Waals surface area contributed by atoms with Gasteiger partial charge in [0, 0.05) is 21.4 Å². The molecule has 3 rings (SSSR count). The molecule has 3 aromatic rings. The van der Waals surface area contributed by atoms with Gasteiger partial charge in [-0.3, -0.25) is 4.79 Å². The van der Waals surface area contributed by atoms with E-state index in [0.29, 0.717) is 16.9 Å². The highest BCUT2D eigenvalue weighted by Gasteiger charge is 2.16. The normalized spacial score (nSPS) is 11.0. The smallest absolute Gasteiger partial charge is 0.277 e. The van der Waals surface area contributed by atoms with E-state index >= 15 is 0 Å². The molecule has 0 spiro atoms. The number of ketones is 1. The zero-order chi connectivity index (χ0) is 18.8. The van der Waals surface area contributed by atoms with Crippen LogP contribution in [-0.2, 0) is 5.75 Å². The van der Waals surface area contributed by atoms with Crippen molar-refractivity contribution in [1.29, 1.82) is 0 Å². The van der Waals surface area contributed by atoms with E-state index < -0.39 is 0 Å². The Morgan fingerprint density at radius 3 is 2.46 bits per heavy atom. The molecule has 0 aliphatic rings. The molecule has 0 amide bonds. The molecular weight excluding hydrogens is 412 g/mol. The molecule has 0 aliphatic heterocycles. The van der Waals surface area contributed by atoms with Crippen molar-refractivity contribution in [3.63, 3.8) is 0 Å². The van der Waals surface area contributed by atoms with Crippen LogP contribution in [-0.4, -0.2) is 16.0 Å². The van der Waals surface area contributed by atoms with Gasteiger partial charge in [-0.2, -0.15) is 0 Å². The van der Waals surface area contributed by atoms with Crippen molar-refractivity contribution < 1.29 is 9.21 Å². The second-order valence-corrected chi connectivity index (χ2v) is 8.06. The predicted octanol–water partition coefficient (Wildman–Crippen LogP) is 5.92. The highest BCUT2D eigenvalue weighted by atomic mass is 79.9. The number of carbonyl (C=O) groups excluding carboxylic acids is 1. The predicted molar refractivity (Wildman–Crippen MR) is 108 cm³/mol. The lowest BCUT2D eigenvalue weighted by molar-refractivity contribution is 0.101. The average molecular weight is 431 g/mol. The summed E-state index contributed by atoms with van der Waals surface area (Å²) in [5.41, 5.74) is 6.08. The Labute approximate surface area is 165 Å². The summed E-state index contributed by atoms with van der Waals surface area (Å²) >= 11 is 4.90. The largest absolute Gasteiger partial charge is 0.411 e. The summed E-state index contributed by atoms with van der Waals surface area (Å²) in [5, 5.41) is 8.78. The minimum absolute atomic E-state index is 0.0987. The molecule has 0 aliphatic carbocycles. The number of carbonyl (C=O) groups is 1. The summed E-state index contributed by atoms with van der Waals surface area (Å²) in [7, 11) is 0. The first-order chi connectivity index (χ1) is 12.4. The standard InChI is InChI=1S/C20H19BrN2O2S/c1-11-9-12(2)18(14(4)24)13(3)17(11)10-26-20-23-22-19(25-20)15-5-7-16(21)8-6-15/h5-9H,10H2,1-4H3. The third-order valence-corrected chi connectivity index (χ3v) is 5.69. The molecule has 0 bridgehead atoms. The molecule has 134 valence electrons. The topological polar surface area (TPSA) is 56.0 Å². The van der Waals surface area contributed by atoms with E-state index in [2.05, 4.69) is 39.1 Å². The Balaban J connectivity index is 1.81. The minimum atomic E-state index is 0.0987. The molecule has 26 heavy (non-hydrogen) atoms. The Bertz CT molecular complexity index is 965. The Kier molecular flexibility index (Phi) is 5.63. The van der Waals surface area contributed by atoms with E-state index in [1.54, 1.807) is 6.92 Å². The Hall–Kier alpha value is -1.92. The van der Waals surface area contributed by atoms with Crippen molar-refractivity contribution in [2.45, 2.75) is 38.7 Å². The van der Waals surface area contributed by atoms with Crippen LogP contribution in [0.1, 0.15) is 39.5 Å². The number of halogens is 1. The van der Waals surface area contributed by atoms with Crippen LogP contribution in [0.3, 0.4) is 0 Å². The molecule has 0 fully saturated rings. The van der Waals surface area contributed by atoms with Gasteiger partial charge in [0.15, 0.2) is 5.78 Å². The van der Waals surface area contributed by atoms with Crippen molar-refractivity contribution >= 4 is 33.5 Å². The lowest BCUT2D eigenvalue weighted by atomic mass is 9.92. The van der Waals surface area contributed by atoms with E-state index in [1.807, 2.05) is 38.1 Å². The van der Waals surface area contributed by atoms with Crippen molar-refractivity contribution in [3.8, 4) is 11.5 Å². The summed E-state index contributed by atoms with van der Waals surface area (Å²) < 4.78 is 6.77. The summed E-state index contributed by atoms with van der Waals surface area (Å²) in [6.45, 7) is 7.68. The van der Waals surface area contributed by atoms with Crippen LogP contribution in [0.25, 0.3) is 11.5 Å². The quantitative estimate of drug-likeness (QED) is 0.371. The zero-order valence-electron chi connectivity index (χ0n) is 15.1. The first-order valence-electron chi connectivity index (χ1n) is 8.19. The van der Waals surface area contributed by atoms with E-state index in [0.717, 1.165) is 32.3 Å². The van der Waals surface area contributed by atoms with Crippen molar-refractivity contribution in [2.75, 3.05) is 0 Å². The molecule has 1 heterocycles. The summed E-state index contributed by atoms with van der Waals surface area (Å²) in [6, 6.07) is 9.81. The van der Waals surface area contributed by atoms with Gasteiger partial charge in [0.25, 0.3) is 5.22 Å². The van der Waals surface area contributed by atoms with E-state index in [4.69, 9.17) is 4.42 Å². The second kappa shape index (κ2) is 7.76. The Morgan fingerprint density at radius 1 is 1.12 bits per heavy atom. The van der Waals surface area contributed by atoms with Crippen LogP contribution in [0.2, 0.25) is 0 Å². The van der Waals surface area contributed by atoms with E-state index in [9.17, 15) is 4.79 Å². The number of nitrogens with zero attached hydrogens (tertiary/aromatic N) is 2. The van der Waals surface area contributed by atoms with Crippen molar-refractivity contribution in [2.24, 2.45) is 0 Å². The SMILES string of the molecule is CC(=O)c1c(C)cc(C)c(CSc2nnc(-c3ccc(Br)cc3)o2)c1C. The highest BCUT2D eigenvalue weighted by Crippen LogP contribution is 2.30. The van der Waals surface area contributed by atoms with E-state index in [-0.39, 0.29) is 5.78 Å². The average Bonchev–Trinajstić information content (AvgIpc) is 3.03. The van der Waals surface area contributed by atoms with Gasteiger partial charge >= 0.3 is 0 Å². The lowest BCUT2D eigenvalue weighted by Crippen LogP contribution is -2.05. The van der Waals surface area contributed by atoms with Crippen LogP contribution < -0.4 is 0 Å². The maximum Gasteiger partial charge on any atom is 0.277 e. The van der Waals surface area contributed by atoms with Crippen molar-refractivity contribution in [3.05, 3.63) is 62.6 Å². The number of rotatable bonds is 5. The lowest BCUT2D eigenvalue weighted by Gasteiger charge is -2.15. The van der Waals surface area contributed by atoms with Crippen molar-refractivity contribution in [1.82, 2.24) is 10.2 Å². The van der Waals surface area contributed by atoms with Crippen LogP contribution in [0.4, 0.5) is 0 Å². The number of hydrogen-bond acceptors (Lipinski definition) is 5. The van der Waals surface area contributed by atoms with Crippen LogP contribution in [0.5, 0.6) is 0 Å². The van der Waals surface area contributed by atoms with Gasteiger partial charge in [-0.05, 0) is 74.2 Å². The second-order valence-electron chi connectivity index (χ2n) is 6.21. The summed E-state index contributed by atoms with van der Waals surface area (Å²) in [5.74, 6) is 1.28. The third-order valence-electron chi connectivity index (χ3n) is 4.32. The van der Waals surface area contributed by atoms with Gasteiger partial charge in [0.1, 0.15) is 0 Å². The van der Waals surface area contributed by atoms with Gasteiger partial charge in [0.2, 0.25) is 5.89 Å². The first-order valence-corrected chi connectivity index (χ1v) is 9.97. The molecule has 0 unspecified atom stereocenters. The van der Waals surface area contributed by atoms with Gasteiger partial charge in [-0.1, -0.05) is 33.8 Å². The van der Waals surface area contributed by atoms with Gasteiger partial charge in [-0.15, -0.1) is 10.2 Å². The number of hydrogen-bond donors (Lipinski definition) is 0. The molecule has 0 atom stereocenters. The minimum Gasteiger partial charge on any atom is -0.411 e. The fourth-order valence-corrected chi connectivity index (χ4v) is 4.31. The number of benzene rings is 2. The maximum absolute atomic E-state index is 12.0. The molecule has 1 aromatic heterocycles. The maximum atomic E-state index is 12.0. The molecular formula is C20H19BrN2O2S. The Morgan fingerprint density at radius 2 is 1.81 bits per heavy atom. The van der Waals surface area contributed by atoms with Gasteiger partial charge in [-0.25, -0.2) is 0 Å². The summed E-state index contributed by atoms with van der Waals surface area (Å²) in [6.07, 6.45) is 0. The molecule has 6 heteroatoms. The number of Topliss-reactive ketones (excluding diaryl/α,β-unsaturated/α-hetero) is 1. The molecule has 0 saturated carbocycles. The van der Waals surface area contributed by atoms with Gasteiger partial charge < -0.3 is 4.42 Å². The van der Waals surface area contributed by atoms with Crippen LogP contribution in [0, 0.1) is 20.8 Å². The molecule has 0 saturated heterocycles. The third kappa shape index (κ3) is 3.91. The zero-order valence-corrected chi connectivity index (χ0v) is 17.5. The van der Waals surface area contributed by atoms with Crippen LogP contribution >= 0.6 is 27.7 Å². The fourth-order valence-electron chi connectivity index (χ4n) is 3.10. The van der Waals surface area contributed by atoms with Gasteiger partial charge in [0.05, 0.1) is 0 Å². The van der Waals surface area contributed by atoms with E-state index in [1.165, 1.54) is 17.3 Å². The fraction of sp³-hybridized carbons (Fsp3) is 0.250. The van der Waals surface area contributed by atoms with Crippen LogP contribution in [0.15, 0.2) is 44.4 Å². The number of thioether (sulfide) groups is 1. The highest BCUT2D eigenvalue weighted by molar-refractivity contribution is 9.10. The number of aryl methyl sites for hydroxylation is 2. The molecule has 0 N–H and O–H groups in total. The monoisotopic (exact) mass is 430 g/mol.